The van der Waals surface area contributed by atoms with E-state index in [0.717, 1.165) is 44.9 Å². The van der Waals surface area contributed by atoms with Crippen molar-refractivity contribution in [2.45, 2.75) is 91.4 Å². The van der Waals surface area contributed by atoms with Crippen molar-refractivity contribution in [2.24, 2.45) is 17.8 Å². The second-order valence-electron chi connectivity index (χ2n) is 11.1. The van der Waals surface area contributed by atoms with Crippen molar-refractivity contribution in [2.75, 3.05) is 0 Å². The molecule has 1 atom stereocenters. The van der Waals surface area contributed by atoms with Gasteiger partial charge < -0.3 is 0 Å². The van der Waals surface area contributed by atoms with Crippen LogP contribution in [0.1, 0.15) is 101 Å². The number of aryl methyl sites for hydroxylation is 1. The minimum atomic E-state index is -1.03. The van der Waals surface area contributed by atoms with Crippen LogP contribution in [0, 0.1) is 41.0 Å². The van der Waals surface area contributed by atoms with E-state index in [0.29, 0.717) is 52.8 Å². The molecule has 0 aliphatic heterocycles. The van der Waals surface area contributed by atoms with Gasteiger partial charge in [0.1, 0.15) is 0 Å². The first kappa shape index (κ1) is 24.3. The quantitative estimate of drug-likeness (QED) is 0.308. The zero-order chi connectivity index (χ0) is 23.9. The Morgan fingerprint density at radius 1 is 0.758 bits per heavy atom. The molecular formula is C29H36F4. The molecule has 0 aromatic heterocycles. The number of benzene rings is 2. The summed E-state index contributed by atoms with van der Waals surface area (Å²) in [6.07, 6.45) is 7.41. The van der Waals surface area contributed by atoms with Gasteiger partial charge >= 0.3 is 0 Å². The molecule has 2 aromatic carbocycles. The van der Waals surface area contributed by atoms with Crippen LogP contribution in [-0.2, 0) is 12.8 Å². The van der Waals surface area contributed by atoms with Gasteiger partial charge in [-0.1, -0.05) is 65.5 Å². The standard InChI is InChI=1S/C29H36F4/c1-16(2)5-6-17(3)9-12-20-13-21-14-22-15-23(19-10-7-18(4)8-11-19)27(31)29(33)25(22)24(21)28(32)26(20)30/h13,15-19H,5-12,14H2,1-4H3. The average molecular weight is 461 g/mol. The van der Waals surface area contributed by atoms with E-state index in [1.807, 2.05) is 0 Å². The Morgan fingerprint density at radius 3 is 2.00 bits per heavy atom. The maximum Gasteiger partial charge on any atom is 0.167 e. The van der Waals surface area contributed by atoms with Gasteiger partial charge in [0.25, 0.3) is 0 Å². The Balaban J connectivity index is 1.61. The largest absolute Gasteiger partial charge is 0.203 e. The molecule has 0 spiro atoms. The molecule has 0 bridgehead atoms. The number of fused-ring (bicyclic) bond motifs is 3. The van der Waals surface area contributed by atoms with Gasteiger partial charge in [-0.25, -0.2) is 17.6 Å². The molecule has 1 saturated carbocycles. The van der Waals surface area contributed by atoms with E-state index in [1.165, 1.54) is 0 Å². The Labute approximate surface area is 195 Å². The first-order valence-corrected chi connectivity index (χ1v) is 12.7. The Hall–Kier alpha value is -1.84. The van der Waals surface area contributed by atoms with Gasteiger partial charge in [-0.15, -0.1) is 0 Å². The van der Waals surface area contributed by atoms with Crippen LogP contribution in [0.3, 0.4) is 0 Å². The molecule has 0 amide bonds. The Bertz CT molecular complexity index is 1020. The molecule has 0 N–H and O–H groups in total. The van der Waals surface area contributed by atoms with Gasteiger partial charge in [-0.3, -0.25) is 0 Å². The van der Waals surface area contributed by atoms with Gasteiger partial charge in [-0.05, 0) is 78.0 Å². The molecule has 180 valence electrons. The summed E-state index contributed by atoms with van der Waals surface area (Å²) < 4.78 is 60.4. The SMILES string of the molecule is CC(C)CCC(C)CCc1cc2c(c(F)c1F)-c1c(cc(C3CCC(C)CC3)c(F)c1F)C2. The van der Waals surface area contributed by atoms with Gasteiger partial charge in [0.05, 0.1) is 0 Å². The normalized spacial score (nSPS) is 20.8. The van der Waals surface area contributed by atoms with Gasteiger partial charge in [0, 0.05) is 11.1 Å². The predicted octanol–water partition coefficient (Wildman–Crippen LogP) is 9.11. The van der Waals surface area contributed by atoms with Crippen LogP contribution in [0.25, 0.3) is 11.1 Å². The second kappa shape index (κ2) is 9.80. The van der Waals surface area contributed by atoms with E-state index >= 15 is 13.2 Å². The summed E-state index contributed by atoms with van der Waals surface area (Å²) in [4.78, 5) is 0. The molecule has 0 nitrogen and oxygen atoms in total. The fraction of sp³-hybridized carbons (Fsp3) is 0.586. The summed E-state index contributed by atoms with van der Waals surface area (Å²) in [5.74, 6) is -2.20. The van der Waals surface area contributed by atoms with Gasteiger partial charge in [-0.2, -0.15) is 0 Å². The highest BCUT2D eigenvalue weighted by molar-refractivity contribution is 5.79. The summed E-state index contributed by atoms with van der Waals surface area (Å²) in [7, 11) is 0. The summed E-state index contributed by atoms with van der Waals surface area (Å²) in [6, 6.07) is 3.40. The van der Waals surface area contributed by atoms with E-state index in [9.17, 15) is 4.39 Å². The molecule has 1 unspecified atom stereocenters. The van der Waals surface area contributed by atoms with Crippen molar-refractivity contribution >= 4 is 0 Å². The molecule has 0 saturated heterocycles. The van der Waals surface area contributed by atoms with E-state index < -0.39 is 23.3 Å². The first-order chi connectivity index (χ1) is 15.7. The summed E-state index contributed by atoms with van der Waals surface area (Å²) in [6.45, 7) is 8.70. The third-order valence-electron chi connectivity index (χ3n) is 7.91. The Kier molecular flexibility index (Phi) is 7.21. The van der Waals surface area contributed by atoms with Crippen molar-refractivity contribution < 1.29 is 17.6 Å². The van der Waals surface area contributed by atoms with Crippen LogP contribution < -0.4 is 0 Å². The third kappa shape index (κ3) is 4.86. The highest BCUT2D eigenvalue weighted by Gasteiger charge is 2.33. The molecular weight excluding hydrogens is 424 g/mol. The highest BCUT2D eigenvalue weighted by Crippen LogP contribution is 2.46. The van der Waals surface area contributed by atoms with E-state index in [1.54, 1.807) is 12.1 Å². The maximum absolute atomic E-state index is 15.2. The minimum absolute atomic E-state index is 0.00539. The predicted molar refractivity (Wildman–Crippen MR) is 126 cm³/mol. The molecule has 4 rings (SSSR count). The smallest absolute Gasteiger partial charge is 0.167 e. The minimum Gasteiger partial charge on any atom is -0.203 e. The molecule has 33 heavy (non-hydrogen) atoms. The molecule has 2 aliphatic carbocycles. The lowest BCUT2D eigenvalue weighted by Gasteiger charge is -2.27. The fourth-order valence-electron chi connectivity index (χ4n) is 5.68. The lowest BCUT2D eigenvalue weighted by molar-refractivity contribution is 0.339. The number of halogens is 4. The third-order valence-corrected chi connectivity index (χ3v) is 7.91. The first-order valence-electron chi connectivity index (χ1n) is 12.7. The molecule has 4 heteroatoms. The zero-order valence-electron chi connectivity index (χ0n) is 20.3. The molecule has 0 heterocycles. The monoisotopic (exact) mass is 460 g/mol. The van der Waals surface area contributed by atoms with Gasteiger partial charge in [0.2, 0.25) is 0 Å². The second-order valence-corrected chi connectivity index (χ2v) is 11.1. The van der Waals surface area contributed by atoms with E-state index in [-0.39, 0.29) is 17.0 Å². The Morgan fingerprint density at radius 2 is 1.36 bits per heavy atom. The van der Waals surface area contributed by atoms with Crippen LogP contribution in [0.2, 0.25) is 0 Å². The summed E-state index contributed by atoms with van der Waals surface area (Å²) in [5, 5.41) is 0. The zero-order valence-corrected chi connectivity index (χ0v) is 20.3. The van der Waals surface area contributed by atoms with Crippen molar-refractivity contribution in [3.05, 3.63) is 57.7 Å². The number of rotatable bonds is 7. The van der Waals surface area contributed by atoms with Crippen molar-refractivity contribution in [3.63, 3.8) is 0 Å². The number of hydrogen-bond acceptors (Lipinski definition) is 0. The molecule has 2 aliphatic rings. The average Bonchev–Trinajstić information content (AvgIpc) is 3.15. The van der Waals surface area contributed by atoms with Crippen molar-refractivity contribution in [1.82, 2.24) is 0 Å². The fourth-order valence-corrected chi connectivity index (χ4v) is 5.68. The van der Waals surface area contributed by atoms with Crippen LogP contribution in [0.4, 0.5) is 17.6 Å². The molecule has 2 aromatic rings. The van der Waals surface area contributed by atoms with Crippen LogP contribution in [0.15, 0.2) is 12.1 Å². The number of hydrogen-bond donors (Lipinski definition) is 0. The van der Waals surface area contributed by atoms with Crippen LogP contribution in [-0.4, -0.2) is 0 Å². The summed E-state index contributed by atoms with van der Waals surface area (Å²) in [5.41, 5.74) is 1.74. The topological polar surface area (TPSA) is 0 Å². The lowest BCUT2D eigenvalue weighted by Crippen LogP contribution is -2.13. The van der Waals surface area contributed by atoms with E-state index in [2.05, 4.69) is 27.7 Å². The van der Waals surface area contributed by atoms with Crippen molar-refractivity contribution in [3.8, 4) is 11.1 Å². The van der Waals surface area contributed by atoms with Crippen LogP contribution in [0.5, 0.6) is 0 Å². The summed E-state index contributed by atoms with van der Waals surface area (Å²) >= 11 is 0. The van der Waals surface area contributed by atoms with Crippen molar-refractivity contribution in [1.29, 1.82) is 0 Å². The van der Waals surface area contributed by atoms with Gasteiger partial charge in [0.15, 0.2) is 23.3 Å². The van der Waals surface area contributed by atoms with E-state index in [4.69, 9.17) is 0 Å². The molecule has 1 fully saturated rings. The lowest BCUT2D eigenvalue weighted by atomic mass is 9.78. The van der Waals surface area contributed by atoms with Crippen LogP contribution >= 0.6 is 0 Å². The maximum atomic E-state index is 15.2. The molecule has 0 radical (unpaired) electrons. The highest BCUT2D eigenvalue weighted by atomic mass is 19.2.